The van der Waals surface area contributed by atoms with Gasteiger partial charge in [-0.25, -0.2) is 9.97 Å². The van der Waals surface area contributed by atoms with Crippen LogP contribution in [0.3, 0.4) is 0 Å². The quantitative estimate of drug-likeness (QED) is 0.868. The minimum Gasteiger partial charge on any atom is -0.439 e. The second-order valence-electron chi connectivity index (χ2n) is 6.14. The molecule has 2 heterocycles. The van der Waals surface area contributed by atoms with E-state index in [-0.39, 0.29) is 11.9 Å². The van der Waals surface area contributed by atoms with Gasteiger partial charge in [-0.15, -0.1) is 0 Å². The first-order valence-corrected chi connectivity index (χ1v) is 8.11. The summed E-state index contributed by atoms with van der Waals surface area (Å²) in [6, 6.07) is 9.85. The molecule has 1 atom stereocenters. The summed E-state index contributed by atoms with van der Waals surface area (Å²) in [5.41, 5.74) is 1.14. The Hall–Kier alpha value is -2.63. The van der Waals surface area contributed by atoms with Gasteiger partial charge in [0, 0.05) is 38.7 Å². The molecule has 24 heavy (non-hydrogen) atoms. The van der Waals surface area contributed by atoms with Crippen LogP contribution in [-0.2, 0) is 4.79 Å². The van der Waals surface area contributed by atoms with Crippen LogP contribution in [0.25, 0.3) is 0 Å². The number of anilines is 1. The molecule has 0 bridgehead atoms. The molecule has 1 aliphatic heterocycles. The lowest BCUT2D eigenvalue weighted by atomic mass is 10.2. The summed E-state index contributed by atoms with van der Waals surface area (Å²) < 4.78 is 5.83. The molecule has 0 N–H and O–H groups in total. The van der Waals surface area contributed by atoms with Crippen LogP contribution in [0.1, 0.15) is 19.4 Å². The maximum Gasteiger partial charge on any atom is 0.224 e. The number of aromatic nitrogens is 2. The first-order valence-electron chi connectivity index (χ1n) is 8.11. The molecule has 0 unspecified atom stereocenters. The Bertz CT molecular complexity index is 734. The minimum absolute atomic E-state index is 0.119. The predicted octanol–water partition coefficient (Wildman–Crippen LogP) is 2.63. The van der Waals surface area contributed by atoms with Gasteiger partial charge in [-0.3, -0.25) is 4.79 Å². The highest BCUT2D eigenvalue weighted by molar-refractivity contribution is 5.74. The molecule has 126 valence electrons. The average Bonchev–Trinajstić information content (AvgIpc) is 2.54. The number of nitrogens with zero attached hydrogens (tertiary/aromatic N) is 4. The van der Waals surface area contributed by atoms with Crippen molar-refractivity contribution in [3.05, 3.63) is 42.2 Å². The van der Waals surface area contributed by atoms with Crippen molar-refractivity contribution < 1.29 is 9.53 Å². The van der Waals surface area contributed by atoms with E-state index in [0.29, 0.717) is 12.4 Å². The molecule has 0 radical (unpaired) electrons. The molecule has 1 aromatic carbocycles. The molecule has 1 saturated heterocycles. The molecule has 1 aromatic heterocycles. The highest BCUT2D eigenvalue weighted by Gasteiger charge is 2.26. The normalized spacial score (nSPS) is 17.7. The maximum atomic E-state index is 11.6. The molecule has 0 spiro atoms. The molecule has 6 heteroatoms. The summed E-state index contributed by atoms with van der Waals surface area (Å²) in [6.07, 6.45) is 1.52. The highest BCUT2D eigenvalue weighted by atomic mass is 16.5. The smallest absolute Gasteiger partial charge is 0.224 e. The molecule has 1 aliphatic rings. The summed E-state index contributed by atoms with van der Waals surface area (Å²) in [4.78, 5) is 24.2. The van der Waals surface area contributed by atoms with Crippen LogP contribution < -0.4 is 9.64 Å². The monoisotopic (exact) mass is 326 g/mol. The van der Waals surface area contributed by atoms with E-state index in [9.17, 15) is 4.79 Å². The maximum absolute atomic E-state index is 11.6. The number of hydrogen-bond acceptors (Lipinski definition) is 5. The highest BCUT2D eigenvalue weighted by Crippen LogP contribution is 2.24. The second-order valence-corrected chi connectivity index (χ2v) is 6.14. The topological polar surface area (TPSA) is 58.6 Å². The van der Waals surface area contributed by atoms with Gasteiger partial charge in [0.1, 0.15) is 17.9 Å². The lowest BCUT2D eigenvalue weighted by Crippen LogP contribution is -2.53. The molecule has 6 nitrogen and oxygen atoms in total. The van der Waals surface area contributed by atoms with Crippen molar-refractivity contribution >= 4 is 11.7 Å². The van der Waals surface area contributed by atoms with E-state index >= 15 is 0 Å². The van der Waals surface area contributed by atoms with Gasteiger partial charge in [0.2, 0.25) is 11.8 Å². The third-order valence-corrected chi connectivity index (χ3v) is 4.20. The molecule has 3 rings (SSSR count). The van der Waals surface area contributed by atoms with Gasteiger partial charge in [-0.1, -0.05) is 12.1 Å². The van der Waals surface area contributed by atoms with Gasteiger partial charge in [-0.05, 0) is 31.5 Å². The number of aryl methyl sites for hydroxylation is 1. The summed E-state index contributed by atoms with van der Waals surface area (Å²) in [5.74, 6) is 2.22. The van der Waals surface area contributed by atoms with Crippen molar-refractivity contribution in [2.24, 2.45) is 0 Å². The van der Waals surface area contributed by atoms with Crippen LogP contribution in [-0.4, -0.2) is 46.5 Å². The second kappa shape index (κ2) is 6.86. The zero-order valence-corrected chi connectivity index (χ0v) is 14.3. The SMILES string of the molecule is CC(=O)N1CCN(c2cc(Oc3cccc(C)c3)ncn2)C[C@H]1C. The fraction of sp³-hybridized carbons (Fsp3) is 0.389. The fourth-order valence-electron chi connectivity index (χ4n) is 2.99. The number of rotatable bonds is 3. The number of hydrogen-bond donors (Lipinski definition) is 0. The predicted molar refractivity (Wildman–Crippen MR) is 92.3 cm³/mol. The first-order chi connectivity index (χ1) is 11.5. The zero-order valence-electron chi connectivity index (χ0n) is 14.3. The van der Waals surface area contributed by atoms with Gasteiger partial charge < -0.3 is 14.5 Å². The van der Waals surface area contributed by atoms with Crippen LogP contribution in [0.5, 0.6) is 11.6 Å². The summed E-state index contributed by atoms with van der Waals surface area (Å²) >= 11 is 0. The van der Waals surface area contributed by atoms with Crippen molar-refractivity contribution in [2.45, 2.75) is 26.8 Å². The Balaban J connectivity index is 1.73. The zero-order chi connectivity index (χ0) is 17.1. The molecule has 2 aromatic rings. The van der Waals surface area contributed by atoms with Gasteiger partial charge in [-0.2, -0.15) is 0 Å². The van der Waals surface area contributed by atoms with Gasteiger partial charge in [0.15, 0.2) is 0 Å². The van der Waals surface area contributed by atoms with E-state index in [1.807, 2.05) is 42.2 Å². The van der Waals surface area contributed by atoms with Crippen LogP contribution in [0.4, 0.5) is 5.82 Å². The van der Waals surface area contributed by atoms with Crippen molar-refractivity contribution in [2.75, 3.05) is 24.5 Å². The number of benzene rings is 1. The first kappa shape index (κ1) is 16.2. The van der Waals surface area contributed by atoms with Crippen molar-refractivity contribution in [3.63, 3.8) is 0 Å². The Kier molecular flexibility index (Phi) is 4.64. The number of carbonyl (C=O) groups excluding carboxylic acids is 1. The number of piperazine rings is 1. The van der Waals surface area contributed by atoms with Gasteiger partial charge in [0.25, 0.3) is 0 Å². The molecule has 0 aliphatic carbocycles. The van der Waals surface area contributed by atoms with Crippen LogP contribution >= 0.6 is 0 Å². The van der Waals surface area contributed by atoms with Gasteiger partial charge >= 0.3 is 0 Å². The summed E-state index contributed by atoms with van der Waals surface area (Å²) in [6.45, 7) is 7.90. The Labute approximate surface area is 142 Å². The van der Waals surface area contributed by atoms with Crippen molar-refractivity contribution in [1.29, 1.82) is 0 Å². The summed E-state index contributed by atoms with van der Waals surface area (Å²) in [5, 5.41) is 0. The minimum atomic E-state index is 0.119. The van der Waals surface area contributed by atoms with Crippen molar-refractivity contribution in [1.82, 2.24) is 14.9 Å². The third-order valence-electron chi connectivity index (χ3n) is 4.20. The Morgan fingerprint density at radius 1 is 1.25 bits per heavy atom. The lowest BCUT2D eigenvalue weighted by molar-refractivity contribution is -0.131. The van der Waals surface area contributed by atoms with Crippen LogP contribution in [0, 0.1) is 6.92 Å². The Morgan fingerprint density at radius 3 is 2.79 bits per heavy atom. The van der Waals surface area contributed by atoms with E-state index in [0.717, 1.165) is 30.2 Å². The number of amides is 1. The molecule has 0 saturated carbocycles. The van der Waals surface area contributed by atoms with E-state index in [1.54, 1.807) is 6.92 Å². The fourth-order valence-corrected chi connectivity index (χ4v) is 2.99. The Morgan fingerprint density at radius 2 is 2.08 bits per heavy atom. The molecule has 1 amide bonds. The van der Waals surface area contributed by atoms with Crippen LogP contribution in [0.2, 0.25) is 0 Å². The molecular formula is C18H22N4O2. The standard InChI is InChI=1S/C18H22N4O2/c1-13-5-4-6-16(9-13)24-18-10-17(19-12-20-18)21-7-8-22(15(3)23)14(2)11-21/h4-6,9-10,12,14H,7-8,11H2,1-3H3/t14-/m1/s1. The molecule has 1 fully saturated rings. The largest absolute Gasteiger partial charge is 0.439 e. The van der Waals surface area contributed by atoms with Crippen molar-refractivity contribution in [3.8, 4) is 11.6 Å². The van der Waals surface area contributed by atoms with E-state index in [2.05, 4.69) is 21.8 Å². The van der Waals surface area contributed by atoms with E-state index in [1.165, 1.54) is 6.33 Å². The van der Waals surface area contributed by atoms with E-state index < -0.39 is 0 Å². The van der Waals surface area contributed by atoms with Gasteiger partial charge in [0.05, 0.1) is 0 Å². The number of ether oxygens (including phenoxy) is 1. The molecular weight excluding hydrogens is 304 g/mol. The number of carbonyl (C=O) groups is 1. The average molecular weight is 326 g/mol. The summed E-state index contributed by atoms with van der Waals surface area (Å²) in [7, 11) is 0. The van der Waals surface area contributed by atoms with Crippen LogP contribution in [0.15, 0.2) is 36.7 Å². The van der Waals surface area contributed by atoms with E-state index in [4.69, 9.17) is 4.74 Å². The third kappa shape index (κ3) is 3.64. The lowest BCUT2D eigenvalue weighted by Gasteiger charge is -2.39.